The van der Waals surface area contributed by atoms with Gasteiger partial charge in [0.2, 0.25) is 10.0 Å². The average molecular weight is 468 g/mol. The molecular formula is C22H25N7O3S. The van der Waals surface area contributed by atoms with E-state index >= 15 is 0 Å². The molecule has 3 aromatic rings. The normalized spacial score (nSPS) is 14.3. The van der Waals surface area contributed by atoms with Gasteiger partial charge in [0.1, 0.15) is 0 Å². The summed E-state index contributed by atoms with van der Waals surface area (Å²) in [7, 11) is -3.62. The number of carbonyl (C=O) groups is 1. The quantitative estimate of drug-likeness (QED) is 0.455. The Morgan fingerprint density at radius 3 is 2.55 bits per heavy atom. The number of nitrogen functional groups attached to an aromatic ring is 1. The van der Waals surface area contributed by atoms with Crippen LogP contribution in [0.15, 0.2) is 59.9 Å². The highest BCUT2D eigenvalue weighted by atomic mass is 32.2. The third-order valence-electron chi connectivity index (χ3n) is 5.31. The minimum absolute atomic E-state index is 0.0125. The maximum absolute atomic E-state index is 12.6. The Balaban J connectivity index is 1.45. The summed E-state index contributed by atoms with van der Waals surface area (Å²) in [5.41, 5.74) is 7.32. The largest absolute Gasteiger partial charge is 0.382 e. The molecule has 1 saturated heterocycles. The van der Waals surface area contributed by atoms with E-state index < -0.39 is 15.9 Å². The van der Waals surface area contributed by atoms with E-state index in [-0.39, 0.29) is 16.4 Å². The summed E-state index contributed by atoms with van der Waals surface area (Å²) in [5.74, 6) is -0.530. The van der Waals surface area contributed by atoms with Crippen LogP contribution in [-0.2, 0) is 10.0 Å². The van der Waals surface area contributed by atoms with Crippen LogP contribution >= 0.6 is 0 Å². The van der Waals surface area contributed by atoms with Gasteiger partial charge in [-0.1, -0.05) is 12.1 Å². The first-order valence-electron chi connectivity index (χ1n) is 10.6. The number of likely N-dealkylation sites (tertiary alicyclic amines) is 1. The van der Waals surface area contributed by atoms with Crippen molar-refractivity contribution in [2.75, 3.05) is 37.2 Å². The molecule has 0 radical (unpaired) electrons. The molecule has 0 aliphatic carbocycles. The molecular weight excluding hydrogens is 442 g/mol. The van der Waals surface area contributed by atoms with Crippen LogP contribution in [0.5, 0.6) is 0 Å². The van der Waals surface area contributed by atoms with E-state index in [0.29, 0.717) is 30.0 Å². The highest BCUT2D eigenvalue weighted by Gasteiger charge is 2.18. The van der Waals surface area contributed by atoms with Crippen LogP contribution in [0.1, 0.15) is 23.3 Å². The Bertz CT molecular complexity index is 1210. The number of carbonyl (C=O) groups excluding carboxylic acids is 1. The SMILES string of the molecule is Nc1ncc(-c2ccc(S(=O)(=O)NCCN3CCCC3)cc2)nc1C(=O)Nc1cccnc1. The zero-order chi connectivity index (χ0) is 23.3. The van der Waals surface area contributed by atoms with Gasteiger partial charge in [0, 0.05) is 24.8 Å². The molecule has 1 aromatic carbocycles. The standard InChI is InChI=1S/C22H25N7O3S/c23-21-20(22(30)27-17-4-3-9-24-14-17)28-19(15-25-21)16-5-7-18(8-6-16)33(31,32)26-10-13-29-11-1-2-12-29/h3-9,14-15,26H,1-2,10-13H2,(H2,23,25)(H,27,30). The molecule has 1 amide bonds. The third-order valence-corrected chi connectivity index (χ3v) is 6.79. The van der Waals surface area contributed by atoms with Crippen LogP contribution in [0.2, 0.25) is 0 Å². The van der Waals surface area contributed by atoms with Gasteiger partial charge in [0.25, 0.3) is 5.91 Å². The monoisotopic (exact) mass is 467 g/mol. The van der Waals surface area contributed by atoms with Gasteiger partial charge in [-0.05, 0) is 50.2 Å². The van der Waals surface area contributed by atoms with E-state index in [4.69, 9.17) is 5.73 Å². The maximum Gasteiger partial charge on any atom is 0.278 e. The number of hydrogen-bond donors (Lipinski definition) is 3. The Hall–Kier alpha value is -3.41. The second-order valence-corrected chi connectivity index (χ2v) is 9.42. The predicted octanol–water partition coefficient (Wildman–Crippen LogP) is 1.75. The van der Waals surface area contributed by atoms with E-state index in [1.54, 1.807) is 30.5 Å². The minimum Gasteiger partial charge on any atom is -0.382 e. The Kier molecular flexibility index (Phi) is 6.92. The number of pyridine rings is 1. The minimum atomic E-state index is -3.62. The van der Waals surface area contributed by atoms with Crippen molar-refractivity contribution in [3.05, 3.63) is 60.7 Å². The van der Waals surface area contributed by atoms with Crippen LogP contribution in [-0.4, -0.2) is 60.4 Å². The zero-order valence-corrected chi connectivity index (χ0v) is 18.8. The maximum atomic E-state index is 12.6. The van der Waals surface area contributed by atoms with Gasteiger partial charge in [0.05, 0.1) is 28.7 Å². The van der Waals surface area contributed by atoms with Crippen molar-refractivity contribution in [3.8, 4) is 11.3 Å². The fraction of sp³-hybridized carbons (Fsp3) is 0.273. The molecule has 1 aliphatic heterocycles. The number of benzene rings is 1. The number of nitrogens with one attached hydrogen (secondary N) is 2. The summed E-state index contributed by atoms with van der Waals surface area (Å²) in [6, 6.07) is 9.63. The smallest absolute Gasteiger partial charge is 0.278 e. The highest BCUT2D eigenvalue weighted by Crippen LogP contribution is 2.21. The Morgan fingerprint density at radius 2 is 1.85 bits per heavy atom. The molecule has 3 heterocycles. The lowest BCUT2D eigenvalue weighted by Gasteiger charge is -2.15. The first kappa shape index (κ1) is 22.8. The van der Waals surface area contributed by atoms with Gasteiger partial charge in [-0.25, -0.2) is 23.1 Å². The van der Waals surface area contributed by atoms with Crippen molar-refractivity contribution in [2.45, 2.75) is 17.7 Å². The molecule has 11 heteroatoms. The van der Waals surface area contributed by atoms with E-state index in [2.05, 4.69) is 29.9 Å². The fourth-order valence-electron chi connectivity index (χ4n) is 3.56. The van der Waals surface area contributed by atoms with Crippen molar-refractivity contribution < 1.29 is 13.2 Å². The van der Waals surface area contributed by atoms with Crippen LogP contribution in [0.25, 0.3) is 11.3 Å². The number of aromatic nitrogens is 3. The van der Waals surface area contributed by atoms with E-state index in [9.17, 15) is 13.2 Å². The first-order chi connectivity index (χ1) is 15.9. The molecule has 0 unspecified atom stereocenters. The van der Waals surface area contributed by atoms with E-state index in [1.165, 1.54) is 24.5 Å². The Morgan fingerprint density at radius 1 is 1.09 bits per heavy atom. The van der Waals surface area contributed by atoms with E-state index in [1.807, 2.05) is 0 Å². The molecule has 1 fully saturated rings. The molecule has 10 nitrogen and oxygen atoms in total. The van der Waals surface area contributed by atoms with Gasteiger partial charge >= 0.3 is 0 Å². The number of nitrogens with two attached hydrogens (primary N) is 1. The van der Waals surface area contributed by atoms with Gasteiger partial charge in [-0.15, -0.1) is 0 Å². The second kappa shape index (κ2) is 10.0. The van der Waals surface area contributed by atoms with Crippen LogP contribution in [0.4, 0.5) is 11.5 Å². The highest BCUT2D eigenvalue weighted by molar-refractivity contribution is 7.89. The Labute approximate surface area is 192 Å². The van der Waals surface area contributed by atoms with Gasteiger partial charge in [-0.2, -0.15) is 0 Å². The van der Waals surface area contributed by atoms with Crippen molar-refractivity contribution in [3.63, 3.8) is 0 Å². The summed E-state index contributed by atoms with van der Waals surface area (Å²) in [5, 5.41) is 2.67. The third kappa shape index (κ3) is 5.69. The van der Waals surface area contributed by atoms with E-state index in [0.717, 1.165) is 25.9 Å². The molecule has 33 heavy (non-hydrogen) atoms. The number of sulfonamides is 1. The van der Waals surface area contributed by atoms with Gasteiger partial charge in [0.15, 0.2) is 11.5 Å². The lowest BCUT2D eigenvalue weighted by Crippen LogP contribution is -2.33. The number of rotatable bonds is 8. The molecule has 0 spiro atoms. The molecule has 4 N–H and O–H groups in total. The number of anilines is 2. The van der Waals surface area contributed by atoms with Gasteiger partial charge < -0.3 is 16.0 Å². The number of nitrogens with zero attached hydrogens (tertiary/aromatic N) is 4. The zero-order valence-electron chi connectivity index (χ0n) is 17.9. The molecule has 0 saturated carbocycles. The first-order valence-corrected chi connectivity index (χ1v) is 12.1. The van der Waals surface area contributed by atoms with Crippen LogP contribution < -0.4 is 15.8 Å². The summed E-state index contributed by atoms with van der Waals surface area (Å²) in [6.45, 7) is 3.09. The summed E-state index contributed by atoms with van der Waals surface area (Å²) in [6.07, 6.45) is 6.86. The average Bonchev–Trinajstić information content (AvgIpc) is 3.33. The molecule has 1 aliphatic rings. The molecule has 0 bridgehead atoms. The lowest BCUT2D eigenvalue weighted by atomic mass is 10.1. The van der Waals surface area contributed by atoms with Crippen LogP contribution in [0, 0.1) is 0 Å². The van der Waals surface area contributed by atoms with Gasteiger partial charge in [-0.3, -0.25) is 9.78 Å². The molecule has 172 valence electrons. The lowest BCUT2D eigenvalue weighted by molar-refractivity contribution is 0.102. The van der Waals surface area contributed by atoms with Crippen molar-refractivity contribution in [2.24, 2.45) is 0 Å². The molecule has 0 atom stereocenters. The topological polar surface area (TPSA) is 143 Å². The second-order valence-electron chi connectivity index (χ2n) is 7.66. The summed E-state index contributed by atoms with van der Waals surface area (Å²) < 4.78 is 27.8. The van der Waals surface area contributed by atoms with Crippen molar-refractivity contribution in [1.29, 1.82) is 0 Å². The molecule has 2 aromatic heterocycles. The van der Waals surface area contributed by atoms with Crippen molar-refractivity contribution >= 4 is 27.4 Å². The fourth-order valence-corrected chi connectivity index (χ4v) is 4.59. The molecule has 4 rings (SSSR count). The summed E-state index contributed by atoms with van der Waals surface area (Å²) in [4.78, 5) is 27.3. The van der Waals surface area contributed by atoms with Crippen molar-refractivity contribution in [1.82, 2.24) is 24.6 Å². The predicted molar refractivity (Wildman–Crippen MR) is 125 cm³/mol. The number of amides is 1. The summed E-state index contributed by atoms with van der Waals surface area (Å²) >= 11 is 0. The van der Waals surface area contributed by atoms with Crippen LogP contribution in [0.3, 0.4) is 0 Å². The number of hydrogen-bond acceptors (Lipinski definition) is 8.